The Balaban J connectivity index is 2.00. The van der Waals surface area contributed by atoms with Crippen molar-refractivity contribution in [1.29, 1.82) is 0 Å². The molecule has 0 radical (unpaired) electrons. The van der Waals surface area contributed by atoms with Gasteiger partial charge >= 0.3 is 0 Å². The van der Waals surface area contributed by atoms with Crippen LogP contribution in [0.4, 0.5) is 0 Å². The summed E-state index contributed by atoms with van der Waals surface area (Å²) in [7, 11) is -3.01. The van der Waals surface area contributed by atoms with E-state index in [0.717, 1.165) is 23.5 Å². The van der Waals surface area contributed by atoms with E-state index in [1.807, 2.05) is 6.92 Å². The molecule has 0 amide bonds. The molecule has 16 heavy (non-hydrogen) atoms. The van der Waals surface area contributed by atoms with E-state index in [4.69, 9.17) is 0 Å². The number of piperidine rings is 1. The molecule has 1 saturated heterocycles. The van der Waals surface area contributed by atoms with Crippen molar-refractivity contribution in [3.8, 4) is 0 Å². The van der Waals surface area contributed by atoms with Gasteiger partial charge in [0.05, 0.1) is 11.3 Å². The molecule has 0 aliphatic carbocycles. The van der Waals surface area contributed by atoms with Gasteiger partial charge in [0.1, 0.15) is 0 Å². The van der Waals surface area contributed by atoms with E-state index in [2.05, 4.69) is 10.4 Å². The zero-order valence-electron chi connectivity index (χ0n) is 9.51. The minimum atomic E-state index is -3.01. The van der Waals surface area contributed by atoms with Gasteiger partial charge in [-0.05, 0) is 19.8 Å². The van der Waals surface area contributed by atoms with Crippen molar-refractivity contribution in [2.45, 2.75) is 25.7 Å². The largest absolute Gasteiger partial charge is 0.246 e. The Morgan fingerprint density at radius 1 is 1.44 bits per heavy atom. The molecule has 0 aromatic carbocycles. The maximum atomic E-state index is 11.3. The monoisotopic (exact) mass is 260 g/mol. The van der Waals surface area contributed by atoms with Crippen LogP contribution in [0.3, 0.4) is 0 Å². The summed E-state index contributed by atoms with van der Waals surface area (Å²) in [5.41, 5.74) is 1.06. The number of rotatable bonds is 2. The van der Waals surface area contributed by atoms with E-state index in [0.29, 0.717) is 19.0 Å². The van der Waals surface area contributed by atoms with E-state index < -0.39 is 10.0 Å². The molecule has 2 rings (SSSR count). The van der Waals surface area contributed by atoms with Crippen molar-refractivity contribution < 1.29 is 8.42 Å². The normalized spacial score (nSPS) is 20.1. The van der Waals surface area contributed by atoms with Crippen molar-refractivity contribution >= 4 is 21.4 Å². The van der Waals surface area contributed by atoms with Gasteiger partial charge in [0.15, 0.2) is 0 Å². The number of hydrogen-bond donors (Lipinski definition) is 0. The van der Waals surface area contributed by atoms with Gasteiger partial charge < -0.3 is 0 Å². The van der Waals surface area contributed by atoms with Crippen LogP contribution >= 0.6 is 11.3 Å². The first-order valence-corrected chi connectivity index (χ1v) is 8.07. The first-order valence-electron chi connectivity index (χ1n) is 5.34. The average molecular weight is 260 g/mol. The summed E-state index contributed by atoms with van der Waals surface area (Å²) < 4.78 is 24.3. The van der Waals surface area contributed by atoms with Gasteiger partial charge in [0.2, 0.25) is 10.0 Å². The molecule has 0 bridgehead atoms. The Hall–Kier alpha value is -0.460. The molecule has 1 aromatic heterocycles. The summed E-state index contributed by atoms with van der Waals surface area (Å²) in [6, 6.07) is 0. The minimum Gasteiger partial charge on any atom is -0.246 e. The summed E-state index contributed by atoms with van der Waals surface area (Å²) in [5, 5.41) is 3.21. The fraction of sp³-hybridized carbons (Fsp3) is 0.700. The molecule has 1 aliphatic heterocycles. The summed E-state index contributed by atoms with van der Waals surface area (Å²) in [4.78, 5) is 4.47. The molecule has 1 fully saturated rings. The molecule has 0 spiro atoms. The fourth-order valence-corrected chi connectivity index (χ4v) is 3.84. The molecule has 90 valence electrons. The van der Waals surface area contributed by atoms with E-state index in [1.165, 1.54) is 6.26 Å². The van der Waals surface area contributed by atoms with Crippen LogP contribution in [-0.4, -0.2) is 37.1 Å². The van der Waals surface area contributed by atoms with Gasteiger partial charge in [-0.3, -0.25) is 0 Å². The van der Waals surface area contributed by atoms with E-state index >= 15 is 0 Å². The van der Waals surface area contributed by atoms with Crippen LogP contribution in [0.25, 0.3) is 0 Å². The maximum Gasteiger partial charge on any atom is 0.211 e. The third-order valence-electron chi connectivity index (χ3n) is 2.91. The van der Waals surface area contributed by atoms with Crippen LogP contribution < -0.4 is 0 Å². The standard InChI is InChI=1S/C10H16N2O2S2/c1-8-7-15-10(11-8)9-3-5-12(6-4-9)16(2,13)14/h7,9H,3-6H2,1-2H3. The SMILES string of the molecule is Cc1csc(C2CCN(S(C)(=O)=O)CC2)n1. The zero-order chi connectivity index (χ0) is 11.8. The Bertz CT molecular complexity index is 459. The molecule has 0 unspecified atom stereocenters. The first kappa shape index (κ1) is 12.0. The second-order valence-corrected chi connectivity index (χ2v) is 7.14. The lowest BCUT2D eigenvalue weighted by Gasteiger charge is -2.29. The van der Waals surface area contributed by atoms with Gasteiger partial charge in [-0.25, -0.2) is 17.7 Å². The fourth-order valence-electron chi connectivity index (χ4n) is 1.99. The van der Waals surface area contributed by atoms with E-state index in [1.54, 1.807) is 15.6 Å². The van der Waals surface area contributed by atoms with Gasteiger partial charge in [0.25, 0.3) is 0 Å². The van der Waals surface area contributed by atoms with Crippen LogP contribution in [0.5, 0.6) is 0 Å². The average Bonchev–Trinajstić information content (AvgIpc) is 2.64. The topological polar surface area (TPSA) is 50.3 Å². The lowest BCUT2D eigenvalue weighted by molar-refractivity contribution is 0.321. The van der Waals surface area contributed by atoms with Crippen molar-refractivity contribution in [2.24, 2.45) is 0 Å². The molecule has 0 atom stereocenters. The highest BCUT2D eigenvalue weighted by molar-refractivity contribution is 7.88. The Labute approximate surface area is 100 Å². The van der Waals surface area contributed by atoms with Crippen LogP contribution in [0.15, 0.2) is 5.38 Å². The van der Waals surface area contributed by atoms with Gasteiger partial charge in [-0.15, -0.1) is 11.3 Å². The molecular weight excluding hydrogens is 244 g/mol. The number of aromatic nitrogens is 1. The molecule has 0 saturated carbocycles. The Morgan fingerprint density at radius 2 is 2.06 bits per heavy atom. The molecule has 4 nitrogen and oxygen atoms in total. The number of nitrogens with zero attached hydrogens (tertiary/aromatic N) is 2. The summed E-state index contributed by atoms with van der Waals surface area (Å²) in [5.74, 6) is 0.441. The van der Waals surface area contributed by atoms with Crippen molar-refractivity contribution in [1.82, 2.24) is 9.29 Å². The number of sulfonamides is 1. The summed E-state index contributed by atoms with van der Waals surface area (Å²) in [6.07, 6.45) is 3.06. The predicted molar refractivity (Wildman–Crippen MR) is 65.2 cm³/mol. The lowest BCUT2D eigenvalue weighted by Crippen LogP contribution is -2.37. The van der Waals surface area contributed by atoms with Crippen LogP contribution in [0, 0.1) is 6.92 Å². The quantitative estimate of drug-likeness (QED) is 0.811. The highest BCUT2D eigenvalue weighted by atomic mass is 32.2. The van der Waals surface area contributed by atoms with Gasteiger partial charge in [-0.2, -0.15) is 0 Å². The second kappa shape index (κ2) is 4.43. The molecular formula is C10H16N2O2S2. The predicted octanol–water partition coefficient (Wildman–Crippen LogP) is 1.59. The van der Waals surface area contributed by atoms with Gasteiger partial charge in [-0.1, -0.05) is 0 Å². The molecule has 1 aromatic rings. The number of aryl methyl sites for hydroxylation is 1. The van der Waals surface area contributed by atoms with Crippen molar-refractivity contribution in [3.63, 3.8) is 0 Å². The third kappa shape index (κ3) is 2.61. The summed E-state index contributed by atoms with van der Waals surface area (Å²) >= 11 is 1.69. The lowest BCUT2D eigenvalue weighted by atomic mass is 9.99. The Kier molecular flexibility index (Phi) is 3.32. The number of thiazole rings is 1. The third-order valence-corrected chi connectivity index (χ3v) is 5.34. The highest BCUT2D eigenvalue weighted by Gasteiger charge is 2.26. The first-order chi connectivity index (χ1) is 7.47. The molecule has 2 heterocycles. The van der Waals surface area contributed by atoms with Crippen molar-refractivity contribution in [2.75, 3.05) is 19.3 Å². The maximum absolute atomic E-state index is 11.3. The molecule has 1 aliphatic rings. The summed E-state index contributed by atoms with van der Waals surface area (Å²) in [6.45, 7) is 3.25. The smallest absolute Gasteiger partial charge is 0.211 e. The van der Waals surface area contributed by atoms with Crippen molar-refractivity contribution in [3.05, 3.63) is 16.1 Å². The molecule has 6 heteroatoms. The van der Waals surface area contributed by atoms with Crippen LogP contribution in [0.1, 0.15) is 29.5 Å². The zero-order valence-corrected chi connectivity index (χ0v) is 11.1. The molecule has 0 N–H and O–H groups in total. The van der Waals surface area contributed by atoms with E-state index in [-0.39, 0.29) is 0 Å². The van der Waals surface area contributed by atoms with E-state index in [9.17, 15) is 8.42 Å². The van der Waals surface area contributed by atoms with Crippen LogP contribution in [-0.2, 0) is 10.0 Å². The Morgan fingerprint density at radius 3 is 2.50 bits per heavy atom. The minimum absolute atomic E-state index is 0.441. The number of hydrogen-bond acceptors (Lipinski definition) is 4. The second-order valence-electron chi connectivity index (χ2n) is 4.26. The highest BCUT2D eigenvalue weighted by Crippen LogP contribution is 2.30. The van der Waals surface area contributed by atoms with Gasteiger partial charge in [0, 0.05) is 30.1 Å². The van der Waals surface area contributed by atoms with Crippen LogP contribution in [0.2, 0.25) is 0 Å².